The Bertz CT molecular complexity index is 779. The molecule has 8 heteroatoms. The van der Waals surface area contributed by atoms with Crippen LogP contribution in [0.25, 0.3) is 10.9 Å². The number of nitrogens with zero attached hydrogens (tertiary/aromatic N) is 1. The van der Waals surface area contributed by atoms with E-state index in [4.69, 9.17) is 5.11 Å². The number of aliphatic carboxylic acids is 1. The number of non-ortho nitro benzene ring substituents is 1. The zero-order chi connectivity index (χ0) is 17.2. The molecule has 122 valence electrons. The van der Waals surface area contributed by atoms with Gasteiger partial charge in [-0.2, -0.15) is 0 Å². The Balaban J connectivity index is 2.12. The van der Waals surface area contributed by atoms with Crippen LogP contribution in [-0.2, 0) is 4.79 Å². The summed E-state index contributed by atoms with van der Waals surface area (Å²) >= 11 is 0. The number of carbonyl (C=O) groups is 2. The summed E-state index contributed by atoms with van der Waals surface area (Å²) in [5.41, 5.74) is -0.559. The first-order chi connectivity index (χ1) is 10.7. The van der Waals surface area contributed by atoms with Crippen LogP contribution in [-0.4, -0.2) is 33.4 Å². The molecule has 23 heavy (non-hydrogen) atoms. The first kappa shape index (κ1) is 16.5. The van der Waals surface area contributed by atoms with Crippen LogP contribution in [0.5, 0.6) is 0 Å². The molecule has 0 atom stereocenters. The number of carboxylic acids is 1. The van der Waals surface area contributed by atoms with E-state index in [-0.39, 0.29) is 29.9 Å². The fraction of sp³-hybridized carbons (Fsp3) is 0.333. The Kier molecular flexibility index (Phi) is 4.35. The van der Waals surface area contributed by atoms with Gasteiger partial charge in [0, 0.05) is 18.0 Å². The van der Waals surface area contributed by atoms with Gasteiger partial charge in [-0.25, -0.2) is 0 Å². The number of hydrogen-bond acceptors (Lipinski definition) is 4. The minimum absolute atomic E-state index is 0.103. The third kappa shape index (κ3) is 3.47. The van der Waals surface area contributed by atoms with Crippen molar-refractivity contribution >= 4 is 28.5 Å². The number of nitrogens with one attached hydrogen (secondary N) is 2. The van der Waals surface area contributed by atoms with Gasteiger partial charge in [-0.05, 0) is 26.3 Å². The van der Waals surface area contributed by atoms with Crippen molar-refractivity contribution in [3.8, 4) is 0 Å². The van der Waals surface area contributed by atoms with Gasteiger partial charge in [0.15, 0.2) is 0 Å². The lowest BCUT2D eigenvalue weighted by atomic mass is 9.90. The summed E-state index contributed by atoms with van der Waals surface area (Å²) in [5, 5.41) is 23.2. The van der Waals surface area contributed by atoms with E-state index < -0.39 is 22.2 Å². The number of aromatic amines is 1. The molecule has 0 bridgehead atoms. The zero-order valence-electron chi connectivity index (χ0n) is 12.8. The smallest absolute Gasteiger partial charge is 0.309 e. The maximum atomic E-state index is 12.1. The predicted molar refractivity (Wildman–Crippen MR) is 83.3 cm³/mol. The summed E-state index contributed by atoms with van der Waals surface area (Å²) in [6.45, 7) is 3.34. The molecular weight excluding hydrogens is 302 g/mol. The van der Waals surface area contributed by atoms with Crippen molar-refractivity contribution in [2.75, 3.05) is 6.54 Å². The van der Waals surface area contributed by atoms with Crippen LogP contribution in [0.15, 0.2) is 24.3 Å². The van der Waals surface area contributed by atoms with Gasteiger partial charge < -0.3 is 15.4 Å². The molecule has 0 unspecified atom stereocenters. The number of benzene rings is 1. The average Bonchev–Trinajstić information content (AvgIpc) is 2.90. The van der Waals surface area contributed by atoms with E-state index in [2.05, 4.69) is 10.3 Å². The summed E-state index contributed by atoms with van der Waals surface area (Å²) in [6, 6.07) is 6.10. The van der Waals surface area contributed by atoms with Gasteiger partial charge in [-0.1, -0.05) is 12.1 Å². The van der Waals surface area contributed by atoms with Gasteiger partial charge in [-0.3, -0.25) is 19.7 Å². The Hall–Kier alpha value is -2.90. The van der Waals surface area contributed by atoms with Crippen LogP contribution in [0.1, 0.15) is 30.8 Å². The second-order valence-corrected chi connectivity index (χ2v) is 5.88. The molecule has 2 rings (SSSR count). The minimum Gasteiger partial charge on any atom is -0.481 e. The second-order valence-electron chi connectivity index (χ2n) is 5.88. The number of nitro groups is 1. The summed E-state index contributed by atoms with van der Waals surface area (Å²) < 4.78 is 0. The van der Waals surface area contributed by atoms with Gasteiger partial charge in [0.25, 0.3) is 11.6 Å². The number of hydrogen-bond donors (Lipinski definition) is 3. The van der Waals surface area contributed by atoms with Crippen LogP contribution in [0.3, 0.4) is 0 Å². The van der Waals surface area contributed by atoms with Gasteiger partial charge in [-0.15, -0.1) is 0 Å². The number of para-hydroxylation sites is 1. The van der Waals surface area contributed by atoms with E-state index in [9.17, 15) is 19.7 Å². The first-order valence-corrected chi connectivity index (χ1v) is 7.00. The lowest BCUT2D eigenvalue weighted by Crippen LogP contribution is -2.32. The summed E-state index contributed by atoms with van der Waals surface area (Å²) in [6.07, 6.45) is 0.272. The Morgan fingerprint density at radius 3 is 2.70 bits per heavy atom. The van der Waals surface area contributed by atoms with Crippen molar-refractivity contribution in [2.24, 2.45) is 5.41 Å². The molecule has 0 aliphatic heterocycles. The molecule has 0 saturated carbocycles. The van der Waals surface area contributed by atoms with Crippen LogP contribution in [0.2, 0.25) is 0 Å². The van der Waals surface area contributed by atoms with E-state index in [1.54, 1.807) is 26.0 Å². The maximum Gasteiger partial charge on any atom is 0.309 e. The lowest BCUT2D eigenvalue weighted by molar-refractivity contribution is -0.383. The maximum absolute atomic E-state index is 12.1. The number of aromatic nitrogens is 1. The Labute approximate surface area is 131 Å². The molecule has 8 nitrogen and oxygen atoms in total. The summed E-state index contributed by atoms with van der Waals surface area (Å²) in [4.78, 5) is 36.3. The van der Waals surface area contributed by atoms with Crippen LogP contribution in [0, 0.1) is 15.5 Å². The lowest BCUT2D eigenvalue weighted by Gasteiger charge is -2.18. The molecule has 0 radical (unpaired) electrons. The monoisotopic (exact) mass is 319 g/mol. The molecule has 0 spiro atoms. The first-order valence-electron chi connectivity index (χ1n) is 7.00. The fourth-order valence-corrected chi connectivity index (χ4v) is 2.11. The van der Waals surface area contributed by atoms with Crippen LogP contribution < -0.4 is 5.32 Å². The number of rotatable bonds is 6. The van der Waals surface area contributed by atoms with Gasteiger partial charge in [0.2, 0.25) is 0 Å². The fourth-order valence-electron chi connectivity index (χ4n) is 2.11. The van der Waals surface area contributed by atoms with Crippen LogP contribution >= 0.6 is 0 Å². The number of nitro benzene ring substituents is 1. The van der Waals surface area contributed by atoms with Crippen molar-refractivity contribution in [1.82, 2.24) is 10.3 Å². The van der Waals surface area contributed by atoms with E-state index >= 15 is 0 Å². The Morgan fingerprint density at radius 1 is 1.39 bits per heavy atom. The van der Waals surface area contributed by atoms with Crippen LogP contribution in [0.4, 0.5) is 5.69 Å². The standard InChI is InChI=1S/C15H17N3O5/c1-15(2,14(20)21)6-7-16-13(19)10-8-9-4-3-5-11(18(22)23)12(9)17-10/h3-5,8,17H,6-7H2,1-2H3,(H,16,19)(H,20,21). The average molecular weight is 319 g/mol. The molecule has 1 aromatic heterocycles. The van der Waals surface area contributed by atoms with E-state index in [0.717, 1.165) is 0 Å². The van der Waals surface area contributed by atoms with Crippen molar-refractivity contribution in [1.29, 1.82) is 0 Å². The molecule has 0 saturated heterocycles. The third-order valence-electron chi connectivity index (χ3n) is 3.69. The minimum atomic E-state index is -0.938. The molecule has 3 N–H and O–H groups in total. The topological polar surface area (TPSA) is 125 Å². The van der Waals surface area contributed by atoms with E-state index in [1.165, 1.54) is 12.1 Å². The Morgan fingerprint density at radius 2 is 2.09 bits per heavy atom. The molecule has 1 heterocycles. The molecule has 1 aromatic carbocycles. The molecule has 1 amide bonds. The van der Waals surface area contributed by atoms with Crippen molar-refractivity contribution in [3.05, 3.63) is 40.1 Å². The molecule has 2 aromatic rings. The summed E-state index contributed by atoms with van der Waals surface area (Å²) in [5.74, 6) is -1.37. The molecule has 0 aliphatic carbocycles. The molecular formula is C15H17N3O5. The van der Waals surface area contributed by atoms with Crippen molar-refractivity contribution in [3.63, 3.8) is 0 Å². The summed E-state index contributed by atoms with van der Waals surface area (Å²) in [7, 11) is 0. The SMILES string of the molecule is CC(C)(CCNC(=O)c1cc2cccc([N+](=O)[O-])c2[nH]1)C(=O)O. The van der Waals surface area contributed by atoms with Gasteiger partial charge in [0.1, 0.15) is 11.2 Å². The number of carboxylic acid groups (broad SMARTS) is 1. The zero-order valence-corrected chi connectivity index (χ0v) is 12.8. The van der Waals surface area contributed by atoms with Crippen molar-refractivity contribution in [2.45, 2.75) is 20.3 Å². The number of H-pyrrole nitrogens is 1. The number of carbonyl (C=O) groups excluding carboxylic acids is 1. The highest BCUT2D eigenvalue weighted by molar-refractivity contribution is 6.00. The highest BCUT2D eigenvalue weighted by Crippen LogP contribution is 2.25. The van der Waals surface area contributed by atoms with Gasteiger partial charge >= 0.3 is 5.97 Å². The molecule has 0 fully saturated rings. The quantitative estimate of drug-likeness (QED) is 0.556. The number of amides is 1. The predicted octanol–water partition coefficient (Wildman–Crippen LogP) is 2.31. The van der Waals surface area contributed by atoms with E-state index in [0.29, 0.717) is 5.39 Å². The third-order valence-corrected chi connectivity index (χ3v) is 3.69. The van der Waals surface area contributed by atoms with Gasteiger partial charge in [0.05, 0.1) is 10.3 Å². The normalized spacial score (nSPS) is 11.4. The highest BCUT2D eigenvalue weighted by Gasteiger charge is 2.26. The number of fused-ring (bicyclic) bond motifs is 1. The molecule has 0 aliphatic rings. The second kappa shape index (κ2) is 6.07. The van der Waals surface area contributed by atoms with Crippen molar-refractivity contribution < 1.29 is 19.6 Å². The highest BCUT2D eigenvalue weighted by atomic mass is 16.6. The van der Waals surface area contributed by atoms with E-state index in [1.807, 2.05) is 0 Å². The largest absolute Gasteiger partial charge is 0.481 e.